The van der Waals surface area contributed by atoms with Crippen molar-refractivity contribution in [3.8, 4) is 11.3 Å². The van der Waals surface area contributed by atoms with Crippen molar-refractivity contribution >= 4 is 32.2 Å². The first-order valence-corrected chi connectivity index (χ1v) is 11.3. The Morgan fingerprint density at radius 2 is 1.67 bits per heavy atom. The zero-order valence-electron chi connectivity index (χ0n) is 14.7. The van der Waals surface area contributed by atoms with Crippen LogP contribution in [0.3, 0.4) is 0 Å². The minimum atomic E-state index is -3.23. The van der Waals surface area contributed by atoms with Gasteiger partial charge in [0.2, 0.25) is 5.91 Å². The third kappa shape index (κ3) is 6.01. The molecule has 1 aromatic heterocycles. The van der Waals surface area contributed by atoms with E-state index in [0.29, 0.717) is 5.13 Å². The number of rotatable bonds is 8. The van der Waals surface area contributed by atoms with Crippen molar-refractivity contribution in [2.75, 3.05) is 11.1 Å². The van der Waals surface area contributed by atoms with Crippen LogP contribution < -0.4 is 5.32 Å². The molecule has 1 N–H and O–H groups in total. The maximum Gasteiger partial charge on any atom is 0.226 e. The highest BCUT2D eigenvalue weighted by Crippen LogP contribution is 2.24. The summed E-state index contributed by atoms with van der Waals surface area (Å²) in [6.45, 7) is 0. The number of hydrogen-bond acceptors (Lipinski definition) is 5. The lowest BCUT2D eigenvalue weighted by Crippen LogP contribution is -2.15. The second-order valence-corrected chi connectivity index (χ2v) is 9.18. The lowest BCUT2D eigenvalue weighted by molar-refractivity contribution is -0.116. The van der Waals surface area contributed by atoms with E-state index in [1.54, 1.807) is 12.1 Å². The van der Waals surface area contributed by atoms with Gasteiger partial charge in [0.1, 0.15) is 0 Å². The summed E-state index contributed by atoms with van der Waals surface area (Å²) in [7, 11) is -3.23. The van der Waals surface area contributed by atoms with Crippen molar-refractivity contribution < 1.29 is 13.2 Å². The Hall–Kier alpha value is -2.51. The summed E-state index contributed by atoms with van der Waals surface area (Å²) in [4.78, 5) is 16.5. The molecular weight excluding hydrogens is 380 g/mol. The highest BCUT2D eigenvalue weighted by Gasteiger charge is 2.14. The van der Waals surface area contributed by atoms with Gasteiger partial charge in [0, 0.05) is 17.4 Å². The van der Waals surface area contributed by atoms with Crippen molar-refractivity contribution in [3.63, 3.8) is 0 Å². The molecule has 0 aliphatic rings. The summed E-state index contributed by atoms with van der Waals surface area (Å²) in [6, 6.07) is 18.8. The molecule has 0 saturated carbocycles. The molecule has 0 fully saturated rings. The van der Waals surface area contributed by atoms with Crippen LogP contribution in [-0.2, 0) is 20.4 Å². The Labute approximate surface area is 163 Å². The van der Waals surface area contributed by atoms with Crippen LogP contribution in [0.1, 0.15) is 18.4 Å². The van der Waals surface area contributed by atoms with Gasteiger partial charge >= 0.3 is 0 Å². The van der Waals surface area contributed by atoms with E-state index in [0.717, 1.165) is 16.8 Å². The molecule has 140 valence electrons. The molecule has 0 aliphatic carbocycles. The van der Waals surface area contributed by atoms with Gasteiger partial charge < -0.3 is 5.32 Å². The topological polar surface area (TPSA) is 76.1 Å². The molecular formula is C20H20N2O3S2. The number of aromatic nitrogens is 1. The normalized spacial score (nSPS) is 11.3. The fraction of sp³-hybridized carbons (Fsp3) is 0.200. The first-order chi connectivity index (χ1) is 13.0. The fourth-order valence-corrected chi connectivity index (χ4v) is 4.77. The van der Waals surface area contributed by atoms with Gasteiger partial charge in [-0.05, 0) is 12.0 Å². The van der Waals surface area contributed by atoms with Gasteiger partial charge in [0.15, 0.2) is 15.0 Å². The third-order valence-electron chi connectivity index (χ3n) is 3.91. The number of sulfone groups is 1. The maximum atomic E-state index is 12.2. The number of hydrogen-bond donors (Lipinski definition) is 1. The van der Waals surface area contributed by atoms with Crippen LogP contribution in [0.25, 0.3) is 11.3 Å². The number of anilines is 1. The lowest BCUT2D eigenvalue weighted by Gasteiger charge is -2.05. The van der Waals surface area contributed by atoms with E-state index in [4.69, 9.17) is 0 Å². The zero-order chi connectivity index (χ0) is 19.1. The molecule has 0 saturated heterocycles. The smallest absolute Gasteiger partial charge is 0.226 e. The van der Waals surface area contributed by atoms with E-state index in [9.17, 15) is 13.2 Å². The SMILES string of the molecule is O=C(CCCS(=O)(=O)Cc1ccccc1)Nc1nc(-c2ccccc2)cs1. The van der Waals surface area contributed by atoms with Crippen molar-refractivity contribution in [2.24, 2.45) is 0 Å². The Morgan fingerprint density at radius 1 is 1.00 bits per heavy atom. The van der Waals surface area contributed by atoms with Crippen molar-refractivity contribution in [1.29, 1.82) is 0 Å². The molecule has 27 heavy (non-hydrogen) atoms. The predicted molar refractivity (Wildman–Crippen MR) is 109 cm³/mol. The van der Waals surface area contributed by atoms with Gasteiger partial charge in [0.05, 0.1) is 17.2 Å². The van der Waals surface area contributed by atoms with Gasteiger partial charge in [-0.2, -0.15) is 0 Å². The molecule has 0 unspecified atom stereocenters. The number of amides is 1. The van der Waals surface area contributed by atoms with Gasteiger partial charge in [-0.1, -0.05) is 60.7 Å². The Morgan fingerprint density at radius 3 is 2.37 bits per heavy atom. The van der Waals surface area contributed by atoms with Gasteiger partial charge in [0.25, 0.3) is 0 Å². The average Bonchev–Trinajstić information content (AvgIpc) is 3.11. The van der Waals surface area contributed by atoms with Crippen LogP contribution in [0.4, 0.5) is 5.13 Å². The molecule has 0 bridgehead atoms. The number of carbonyl (C=O) groups is 1. The lowest BCUT2D eigenvalue weighted by atomic mass is 10.2. The van der Waals surface area contributed by atoms with Gasteiger partial charge in [-0.15, -0.1) is 11.3 Å². The van der Waals surface area contributed by atoms with Gasteiger partial charge in [-0.25, -0.2) is 13.4 Å². The number of benzene rings is 2. The molecule has 0 spiro atoms. The van der Waals surface area contributed by atoms with E-state index in [2.05, 4.69) is 10.3 Å². The van der Waals surface area contributed by atoms with Crippen molar-refractivity contribution in [2.45, 2.75) is 18.6 Å². The second kappa shape index (κ2) is 8.92. The Kier molecular flexibility index (Phi) is 6.36. The molecule has 1 heterocycles. The van der Waals surface area contributed by atoms with Crippen LogP contribution in [-0.4, -0.2) is 25.1 Å². The summed E-state index contributed by atoms with van der Waals surface area (Å²) in [5.41, 5.74) is 2.56. The number of carbonyl (C=O) groups excluding carboxylic acids is 1. The van der Waals surface area contributed by atoms with E-state index < -0.39 is 9.84 Å². The van der Waals surface area contributed by atoms with E-state index in [-0.39, 0.29) is 30.3 Å². The number of nitrogens with zero attached hydrogens (tertiary/aromatic N) is 1. The van der Waals surface area contributed by atoms with Crippen LogP contribution in [0.15, 0.2) is 66.0 Å². The van der Waals surface area contributed by atoms with E-state index in [1.807, 2.05) is 53.9 Å². The minimum Gasteiger partial charge on any atom is -0.302 e. The van der Waals surface area contributed by atoms with Crippen molar-refractivity contribution in [3.05, 3.63) is 71.6 Å². The zero-order valence-corrected chi connectivity index (χ0v) is 16.3. The molecule has 7 heteroatoms. The van der Waals surface area contributed by atoms with E-state index in [1.165, 1.54) is 11.3 Å². The quantitative estimate of drug-likeness (QED) is 0.616. The molecule has 0 atom stereocenters. The number of thiazole rings is 1. The minimum absolute atomic E-state index is 0.00236. The van der Waals surface area contributed by atoms with Crippen LogP contribution in [0.5, 0.6) is 0 Å². The molecule has 0 radical (unpaired) electrons. The first kappa shape index (κ1) is 19.3. The largest absolute Gasteiger partial charge is 0.302 e. The second-order valence-electron chi connectivity index (χ2n) is 6.13. The standard InChI is InChI=1S/C20H20N2O3S2/c23-19(12-7-13-27(24,25)15-16-8-3-1-4-9-16)22-20-21-18(14-26-20)17-10-5-2-6-11-17/h1-6,8-11,14H,7,12-13,15H2,(H,21,22,23). The molecule has 2 aromatic carbocycles. The van der Waals surface area contributed by atoms with E-state index >= 15 is 0 Å². The first-order valence-electron chi connectivity index (χ1n) is 8.57. The fourth-order valence-electron chi connectivity index (χ4n) is 2.61. The Bertz CT molecular complexity index is 984. The molecule has 0 aliphatic heterocycles. The van der Waals surface area contributed by atoms with Crippen LogP contribution >= 0.6 is 11.3 Å². The van der Waals surface area contributed by atoms with Gasteiger partial charge in [-0.3, -0.25) is 4.79 Å². The summed E-state index contributed by atoms with van der Waals surface area (Å²) in [6.07, 6.45) is 0.437. The van der Waals surface area contributed by atoms with Crippen LogP contribution in [0.2, 0.25) is 0 Å². The summed E-state index contributed by atoms with van der Waals surface area (Å²) in [5.74, 6) is -0.232. The molecule has 3 rings (SSSR count). The summed E-state index contributed by atoms with van der Waals surface area (Å²) < 4.78 is 24.3. The Balaban J connectivity index is 1.47. The molecule has 3 aromatic rings. The monoisotopic (exact) mass is 400 g/mol. The highest BCUT2D eigenvalue weighted by molar-refractivity contribution is 7.90. The summed E-state index contributed by atoms with van der Waals surface area (Å²) in [5, 5.41) is 5.15. The molecule has 5 nitrogen and oxygen atoms in total. The number of nitrogens with one attached hydrogen (secondary N) is 1. The highest BCUT2D eigenvalue weighted by atomic mass is 32.2. The summed E-state index contributed by atoms with van der Waals surface area (Å²) >= 11 is 1.35. The predicted octanol–water partition coefficient (Wildman–Crippen LogP) is 4.14. The molecule has 1 amide bonds. The third-order valence-corrected chi connectivity index (χ3v) is 6.35. The maximum absolute atomic E-state index is 12.2. The van der Waals surface area contributed by atoms with Crippen molar-refractivity contribution in [1.82, 2.24) is 4.98 Å². The average molecular weight is 401 g/mol. The van der Waals surface area contributed by atoms with Crippen LogP contribution in [0, 0.1) is 0 Å².